The normalized spacial score (nSPS) is 19.5. The number of benzene rings is 2. The molecule has 2 aromatic rings. The van der Waals surface area contributed by atoms with Crippen LogP contribution in [0.15, 0.2) is 42.5 Å². The Balaban J connectivity index is 1.55. The van der Waals surface area contributed by atoms with Crippen LogP contribution < -0.4 is 10.2 Å². The number of aryl methyl sites for hydroxylation is 1. The molecule has 152 valence electrons. The molecule has 1 fully saturated rings. The maximum Gasteiger partial charge on any atom is 0.293 e. The van der Waals surface area contributed by atoms with Gasteiger partial charge in [-0.15, -0.1) is 0 Å². The fraction of sp³-hybridized carbons (Fsp3) is 0.435. The lowest BCUT2D eigenvalue weighted by atomic mass is 9.87. The molecule has 6 heteroatoms. The van der Waals surface area contributed by atoms with Crippen molar-refractivity contribution >= 4 is 17.3 Å². The van der Waals surface area contributed by atoms with Crippen LogP contribution in [0.2, 0.25) is 0 Å². The highest BCUT2D eigenvalue weighted by atomic mass is 16.6. The number of hydrogen-bond acceptors (Lipinski definition) is 4. The van der Waals surface area contributed by atoms with Crippen LogP contribution in [0.4, 0.5) is 11.4 Å². The molecule has 2 aliphatic rings. The van der Waals surface area contributed by atoms with Crippen LogP contribution in [0.1, 0.15) is 60.1 Å². The smallest absolute Gasteiger partial charge is 0.293 e. The van der Waals surface area contributed by atoms with Gasteiger partial charge in [-0.3, -0.25) is 14.9 Å². The number of nitro groups is 1. The predicted molar refractivity (Wildman–Crippen MR) is 113 cm³/mol. The Bertz CT molecular complexity index is 919. The highest BCUT2D eigenvalue weighted by Gasteiger charge is 2.26. The molecule has 0 bridgehead atoms. The van der Waals surface area contributed by atoms with Crippen molar-refractivity contribution in [2.24, 2.45) is 5.92 Å². The second-order valence-electron chi connectivity index (χ2n) is 8.25. The zero-order valence-electron chi connectivity index (χ0n) is 16.8. The van der Waals surface area contributed by atoms with Crippen LogP contribution in [0.5, 0.6) is 0 Å². The Labute approximate surface area is 171 Å². The Morgan fingerprint density at radius 1 is 1.14 bits per heavy atom. The molecule has 2 aromatic carbocycles. The number of nitro benzene ring substituents is 1. The number of nitrogens with zero attached hydrogens (tertiary/aromatic N) is 2. The van der Waals surface area contributed by atoms with Crippen molar-refractivity contribution in [2.45, 2.75) is 45.1 Å². The quantitative estimate of drug-likeness (QED) is 0.607. The van der Waals surface area contributed by atoms with Crippen molar-refractivity contribution in [3.05, 3.63) is 69.3 Å². The monoisotopic (exact) mass is 393 g/mol. The first kappa shape index (κ1) is 19.4. The molecule has 1 N–H and O–H groups in total. The Hall–Kier alpha value is -2.89. The number of rotatable bonds is 4. The van der Waals surface area contributed by atoms with Gasteiger partial charge in [0.15, 0.2) is 0 Å². The van der Waals surface area contributed by atoms with E-state index in [0.29, 0.717) is 17.2 Å². The van der Waals surface area contributed by atoms with Gasteiger partial charge in [-0.05, 0) is 61.3 Å². The van der Waals surface area contributed by atoms with E-state index in [1.807, 2.05) is 12.1 Å². The van der Waals surface area contributed by atoms with Gasteiger partial charge in [-0.1, -0.05) is 31.2 Å². The van der Waals surface area contributed by atoms with E-state index in [1.54, 1.807) is 12.1 Å². The fourth-order valence-electron chi connectivity index (χ4n) is 4.47. The van der Waals surface area contributed by atoms with Gasteiger partial charge >= 0.3 is 0 Å². The van der Waals surface area contributed by atoms with Crippen LogP contribution in [-0.2, 0) is 6.42 Å². The van der Waals surface area contributed by atoms with E-state index in [2.05, 4.69) is 29.3 Å². The van der Waals surface area contributed by atoms with Gasteiger partial charge in [0.2, 0.25) is 0 Å². The third kappa shape index (κ3) is 4.11. The van der Waals surface area contributed by atoms with Crippen molar-refractivity contribution in [1.29, 1.82) is 0 Å². The van der Waals surface area contributed by atoms with E-state index in [-0.39, 0.29) is 22.6 Å². The van der Waals surface area contributed by atoms with Crippen molar-refractivity contribution in [3.63, 3.8) is 0 Å². The summed E-state index contributed by atoms with van der Waals surface area (Å²) in [5, 5.41) is 14.8. The number of carbonyl (C=O) groups is 1. The zero-order chi connectivity index (χ0) is 20.4. The molecule has 1 heterocycles. The van der Waals surface area contributed by atoms with Crippen molar-refractivity contribution in [1.82, 2.24) is 5.32 Å². The Morgan fingerprint density at radius 2 is 1.90 bits per heavy atom. The summed E-state index contributed by atoms with van der Waals surface area (Å²) in [5.41, 5.74) is 3.39. The zero-order valence-corrected chi connectivity index (χ0v) is 16.8. The lowest BCUT2D eigenvalue weighted by Crippen LogP contribution is -2.33. The van der Waals surface area contributed by atoms with Crippen LogP contribution >= 0.6 is 0 Å². The molecule has 0 aromatic heterocycles. The van der Waals surface area contributed by atoms with Crippen molar-refractivity contribution in [2.75, 3.05) is 18.0 Å². The summed E-state index contributed by atoms with van der Waals surface area (Å²) in [6.45, 7) is 3.83. The van der Waals surface area contributed by atoms with Crippen molar-refractivity contribution < 1.29 is 9.72 Å². The standard InChI is InChI=1S/C23H27N3O3/c1-16-11-13-25(14-12-16)21-10-9-18(15-22(21)26(28)29)23(27)24-20-8-4-6-17-5-2-3-7-19(17)20/h2-3,5,7,9-10,15-16,20H,4,6,8,11-14H2,1H3,(H,24,27)/t20-/m0/s1. The summed E-state index contributed by atoms with van der Waals surface area (Å²) in [7, 11) is 0. The number of piperidine rings is 1. The molecule has 1 amide bonds. The lowest BCUT2D eigenvalue weighted by molar-refractivity contribution is -0.384. The molecular formula is C23H27N3O3. The summed E-state index contributed by atoms with van der Waals surface area (Å²) in [4.78, 5) is 26.3. The summed E-state index contributed by atoms with van der Waals surface area (Å²) in [6, 6.07) is 13.0. The third-order valence-corrected chi connectivity index (χ3v) is 6.23. The van der Waals surface area contributed by atoms with Gasteiger partial charge < -0.3 is 10.2 Å². The molecule has 0 saturated carbocycles. The summed E-state index contributed by atoms with van der Waals surface area (Å²) in [5.74, 6) is 0.391. The summed E-state index contributed by atoms with van der Waals surface area (Å²) in [6.07, 6.45) is 4.99. The number of amides is 1. The van der Waals surface area contributed by atoms with E-state index in [0.717, 1.165) is 50.8 Å². The van der Waals surface area contributed by atoms with E-state index in [1.165, 1.54) is 11.6 Å². The number of fused-ring (bicyclic) bond motifs is 1. The van der Waals surface area contributed by atoms with Crippen LogP contribution in [0.25, 0.3) is 0 Å². The molecule has 1 aliphatic heterocycles. The summed E-state index contributed by atoms with van der Waals surface area (Å²) >= 11 is 0. The molecule has 4 rings (SSSR count). The molecule has 29 heavy (non-hydrogen) atoms. The number of hydrogen-bond donors (Lipinski definition) is 1. The number of nitrogens with one attached hydrogen (secondary N) is 1. The molecule has 0 radical (unpaired) electrons. The molecule has 0 spiro atoms. The minimum absolute atomic E-state index is 0.0104. The average molecular weight is 393 g/mol. The predicted octanol–water partition coefficient (Wildman–Crippen LogP) is 4.64. The highest BCUT2D eigenvalue weighted by molar-refractivity contribution is 5.96. The van der Waals surface area contributed by atoms with E-state index >= 15 is 0 Å². The van der Waals surface area contributed by atoms with E-state index in [9.17, 15) is 14.9 Å². The molecule has 1 saturated heterocycles. The largest absolute Gasteiger partial charge is 0.366 e. The van der Waals surface area contributed by atoms with E-state index in [4.69, 9.17) is 0 Å². The second-order valence-corrected chi connectivity index (χ2v) is 8.25. The molecule has 1 atom stereocenters. The Kier molecular flexibility index (Phi) is 5.51. The first-order chi connectivity index (χ1) is 14.0. The first-order valence-electron chi connectivity index (χ1n) is 10.4. The Morgan fingerprint density at radius 3 is 2.66 bits per heavy atom. The topological polar surface area (TPSA) is 75.5 Å². The van der Waals surface area contributed by atoms with Gasteiger partial charge in [-0.25, -0.2) is 0 Å². The van der Waals surface area contributed by atoms with Gasteiger partial charge in [0.1, 0.15) is 5.69 Å². The van der Waals surface area contributed by atoms with Crippen LogP contribution in [-0.4, -0.2) is 23.9 Å². The number of anilines is 1. The summed E-state index contributed by atoms with van der Waals surface area (Å²) < 4.78 is 0. The lowest BCUT2D eigenvalue weighted by Gasteiger charge is -2.31. The number of carbonyl (C=O) groups excluding carboxylic acids is 1. The third-order valence-electron chi connectivity index (χ3n) is 6.23. The van der Waals surface area contributed by atoms with E-state index < -0.39 is 0 Å². The first-order valence-corrected chi connectivity index (χ1v) is 10.4. The second kappa shape index (κ2) is 8.23. The van der Waals surface area contributed by atoms with Gasteiger partial charge in [-0.2, -0.15) is 0 Å². The highest BCUT2D eigenvalue weighted by Crippen LogP contribution is 2.33. The van der Waals surface area contributed by atoms with Crippen molar-refractivity contribution in [3.8, 4) is 0 Å². The van der Waals surface area contributed by atoms with Gasteiger partial charge in [0, 0.05) is 24.7 Å². The molecule has 1 aliphatic carbocycles. The van der Waals surface area contributed by atoms with Gasteiger partial charge in [0.05, 0.1) is 11.0 Å². The maximum absolute atomic E-state index is 12.9. The molecule has 6 nitrogen and oxygen atoms in total. The minimum atomic E-state index is -0.375. The van der Waals surface area contributed by atoms with Crippen LogP contribution in [0.3, 0.4) is 0 Å². The van der Waals surface area contributed by atoms with Crippen LogP contribution in [0, 0.1) is 16.0 Å². The minimum Gasteiger partial charge on any atom is -0.366 e. The fourth-order valence-corrected chi connectivity index (χ4v) is 4.47. The van der Waals surface area contributed by atoms with Gasteiger partial charge in [0.25, 0.3) is 11.6 Å². The molecular weight excluding hydrogens is 366 g/mol. The molecule has 0 unspecified atom stereocenters. The average Bonchev–Trinajstić information content (AvgIpc) is 2.74. The SMILES string of the molecule is CC1CCN(c2ccc(C(=O)N[C@H]3CCCc4ccccc43)cc2[N+](=O)[O-])CC1. The maximum atomic E-state index is 12.9.